The van der Waals surface area contributed by atoms with Gasteiger partial charge < -0.3 is 14.9 Å². The highest BCUT2D eigenvalue weighted by Gasteiger charge is 2.20. The van der Waals surface area contributed by atoms with Gasteiger partial charge in [-0.3, -0.25) is 14.9 Å². The first-order valence-electron chi connectivity index (χ1n) is 17.9. The monoisotopic (exact) mass is 616 g/mol. The van der Waals surface area contributed by atoms with Crippen LogP contribution in [0.3, 0.4) is 0 Å². The van der Waals surface area contributed by atoms with E-state index in [4.69, 9.17) is 15.7 Å². The minimum Gasteiger partial charge on any atom is -0.339 e. The number of nitrogens with two attached hydrogens (primary N) is 1. The van der Waals surface area contributed by atoms with Crippen molar-refractivity contribution in [3.05, 3.63) is 84.4 Å². The van der Waals surface area contributed by atoms with E-state index in [2.05, 4.69) is 88.5 Å². The van der Waals surface area contributed by atoms with Gasteiger partial charge in [-0.15, -0.1) is 0 Å². The summed E-state index contributed by atoms with van der Waals surface area (Å²) in [5.74, 6) is 0. The van der Waals surface area contributed by atoms with E-state index in [0.29, 0.717) is 6.54 Å². The second-order valence-corrected chi connectivity index (χ2v) is 13.0. The molecule has 6 heteroatoms. The molecule has 46 heavy (non-hydrogen) atoms. The maximum atomic E-state index is 5.98. The Hall–Kier alpha value is -3.74. The van der Waals surface area contributed by atoms with Crippen LogP contribution in [0.25, 0.3) is 43.6 Å². The minimum atomic E-state index is 0.716. The van der Waals surface area contributed by atoms with E-state index in [1.807, 2.05) is 12.4 Å². The zero-order chi connectivity index (χ0) is 31.7. The molecule has 0 radical (unpaired) electrons. The molecule has 6 aromatic rings. The normalized spacial score (nSPS) is 12.1. The van der Waals surface area contributed by atoms with Gasteiger partial charge in [-0.25, -0.2) is 0 Å². The molecule has 2 aromatic carbocycles. The average Bonchev–Trinajstić information content (AvgIpc) is 3.59. The number of para-hydroxylation sites is 2. The van der Waals surface area contributed by atoms with Gasteiger partial charge in [-0.2, -0.15) is 0 Å². The summed E-state index contributed by atoms with van der Waals surface area (Å²) in [6, 6.07) is 22.2. The Morgan fingerprint density at radius 3 is 1.54 bits per heavy atom. The molecule has 0 unspecified atom stereocenters. The van der Waals surface area contributed by atoms with Gasteiger partial charge in [0.05, 0.1) is 22.4 Å². The number of benzene rings is 2. The maximum absolute atomic E-state index is 5.98. The van der Waals surface area contributed by atoms with E-state index in [-0.39, 0.29) is 0 Å². The van der Waals surface area contributed by atoms with E-state index in [1.165, 1.54) is 95.0 Å². The Morgan fingerprint density at radius 1 is 0.565 bits per heavy atom. The van der Waals surface area contributed by atoms with E-state index in [0.717, 1.165) is 57.0 Å². The zero-order valence-corrected chi connectivity index (χ0v) is 28.1. The minimum absolute atomic E-state index is 0.716. The highest BCUT2D eigenvalue weighted by molar-refractivity contribution is 6.09. The van der Waals surface area contributed by atoms with E-state index in [1.54, 1.807) is 0 Å². The van der Waals surface area contributed by atoms with Crippen LogP contribution in [0.4, 0.5) is 0 Å². The van der Waals surface area contributed by atoms with Crippen molar-refractivity contribution in [1.29, 1.82) is 0 Å². The standard InChI is InChI=1S/C40H52N6/c1-3-5-7-14-27-45-37-19-11-9-17-31(37)33-21-24-42-35(39(33)45)29-44(26-16-13-23-41)30-36-40-34(22-25-43-36)32-18-10-12-20-38(32)46(40)28-15-8-6-4-2/h9-12,17-22,24-25H,3-8,13-16,23,26-30,41H2,1-2H3. The molecule has 0 fully saturated rings. The van der Waals surface area contributed by atoms with Crippen molar-refractivity contribution in [3.63, 3.8) is 0 Å². The summed E-state index contributed by atoms with van der Waals surface area (Å²) in [6.45, 7) is 9.84. The number of aryl methyl sites for hydroxylation is 2. The molecule has 0 aliphatic rings. The van der Waals surface area contributed by atoms with Gasteiger partial charge in [-0.05, 0) is 63.0 Å². The van der Waals surface area contributed by atoms with Crippen molar-refractivity contribution >= 4 is 43.6 Å². The molecular formula is C40H52N6. The number of rotatable bonds is 18. The summed E-state index contributed by atoms with van der Waals surface area (Å²) >= 11 is 0. The van der Waals surface area contributed by atoms with Crippen LogP contribution < -0.4 is 5.73 Å². The number of hydrogen-bond donors (Lipinski definition) is 1. The van der Waals surface area contributed by atoms with Gasteiger partial charge in [0.15, 0.2) is 0 Å². The molecule has 0 aliphatic carbocycles. The highest BCUT2D eigenvalue weighted by atomic mass is 15.1. The van der Waals surface area contributed by atoms with Gasteiger partial charge in [0.25, 0.3) is 0 Å². The second kappa shape index (κ2) is 15.7. The molecular weight excluding hydrogens is 564 g/mol. The summed E-state index contributed by atoms with van der Waals surface area (Å²) in [4.78, 5) is 12.7. The lowest BCUT2D eigenvalue weighted by molar-refractivity contribution is 0.247. The molecule has 6 rings (SSSR count). The molecule has 0 saturated carbocycles. The molecule has 0 bridgehead atoms. The number of unbranched alkanes of at least 4 members (excludes halogenated alkanes) is 7. The lowest BCUT2D eigenvalue weighted by Gasteiger charge is -2.23. The molecule has 6 nitrogen and oxygen atoms in total. The van der Waals surface area contributed by atoms with Crippen LogP contribution in [-0.4, -0.2) is 37.1 Å². The Labute approximate surface area is 274 Å². The molecule has 0 aliphatic heterocycles. The van der Waals surface area contributed by atoms with Gasteiger partial charge in [0.1, 0.15) is 0 Å². The number of nitrogens with zero attached hydrogens (tertiary/aromatic N) is 5. The summed E-state index contributed by atoms with van der Waals surface area (Å²) in [5.41, 5.74) is 13.5. The fraction of sp³-hybridized carbons (Fsp3) is 0.450. The highest BCUT2D eigenvalue weighted by Crippen LogP contribution is 2.34. The summed E-state index contributed by atoms with van der Waals surface area (Å²) in [6.07, 6.45) is 16.0. The molecule has 0 atom stereocenters. The van der Waals surface area contributed by atoms with Crippen LogP contribution >= 0.6 is 0 Å². The third-order valence-corrected chi connectivity index (χ3v) is 9.66. The van der Waals surface area contributed by atoms with Crippen LogP contribution in [0.15, 0.2) is 73.1 Å². The fourth-order valence-electron chi connectivity index (χ4n) is 7.35. The SMILES string of the molecule is CCCCCCn1c2ccccc2c2ccnc(CN(CCCCN)Cc3nccc4c5ccccc5n(CCCCCC)c34)c21. The zero-order valence-electron chi connectivity index (χ0n) is 28.1. The van der Waals surface area contributed by atoms with Crippen LogP contribution in [0.1, 0.15) is 89.4 Å². The molecule has 4 aromatic heterocycles. The van der Waals surface area contributed by atoms with Gasteiger partial charge in [0, 0.05) is 71.2 Å². The van der Waals surface area contributed by atoms with Gasteiger partial charge in [0.2, 0.25) is 0 Å². The van der Waals surface area contributed by atoms with Gasteiger partial charge in [-0.1, -0.05) is 88.8 Å². The number of aromatic nitrogens is 4. The van der Waals surface area contributed by atoms with Crippen LogP contribution in [0, 0.1) is 0 Å². The topological polar surface area (TPSA) is 64.9 Å². The number of pyridine rings is 2. The third kappa shape index (κ3) is 6.84. The van der Waals surface area contributed by atoms with E-state index >= 15 is 0 Å². The molecule has 2 N–H and O–H groups in total. The molecule has 0 saturated heterocycles. The maximum Gasteiger partial charge on any atom is 0.0786 e. The Balaban J connectivity index is 1.39. The predicted octanol–water partition coefficient (Wildman–Crippen LogP) is 9.59. The fourth-order valence-corrected chi connectivity index (χ4v) is 7.35. The largest absolute Gasteiger partial charge is 0.339 e. The Kier molecular flexibility index (Phi) is 11.0. The molecule has 242 valence electrons. The van der Waals surface area contributed by atoms with E-state index in [9.17, 15) is 0 Å². The van der Waals surface area contributed by atoms with Crippen molar-refractivity contribution in [3.8, 4) is 0 Å². The molecule has 0 amide bonds. The average molecular weight is 617 g/mol. The second-order valence-electron chi connectivity index (χ2n) is 13.0. The van der Waals surface area contributed by atoms with Crippen molar-refractivity contribution in [2.75, 3.05) is 13.1 Å². The number of hydrogen-bond acceptors (Lipinski definition) is 4. The van der Waals surface area contributed by atoms with Crippen molar-refractivity contribution < 1.29 is 0 Å². The lowest BCUT2D eigenvalue weighted by Crippen LogP contribution is -2.26. The van der Waals surface area contributed by atoms with Crippen LogP contribution in [0.5, 0.6) is 0 Å². The van der Waals surface area contributed by atoms with Crippen molar-refractivity contribution in [1.82, 2.24) is 24.0 Å². The molecule has 4 heterocycles. The van der Waals surface area contributed by atoms with E-state index < -0.39 is 0 Å². The number of fused-ring (bicyclic) bond motifs is 6. The first-order valence-corrected chi connectivity index (χ1v) is 17.9. The summed E-state index contributed by atoms with van der Waals surface area (Å²) in [7, 11) is 0. The third-order valence-electron chi connectivity index (χ3n) is 9.66. The molecule has 0 spiro atoms. The van der Waals surface area contributed by atoms with Crippen LogP contribution in [0.2, 0.25) is 0 Å². The Bertz CT molecular complexity index is 1730. The Morgan fingerprint density at radius 2 is 1.07 bits per heavy atom. The van der Waals surface area contributed by atoms with Crippen LogP contribution in [-0.2, 0) is 26.2 Å². The smallest absolute Gasteiger partial charge is 0.0786 e. The first-order chi connectivity index (χ1) is 22.7. The van der Waals surface area contributed by atoms with Crippen molar-refractivity contribution in [2.45, 2.75) is 104 Å². The quantitative estimate of drug-likeness (QED) is 0.0977. The van der Waals surface area contributed by atoms with Gasteiger partial charge >= 0.3 is 0 Å². The summed E-state index contributed by atoms with van der Waals surface area (Å²) in [5, 5.41) is 5.27. The van der Waals surface area contributed by atoms with Crippen molar-refractivity contribution in [2.24, 2.45) is 5.73 Å². The lowest BCUT2D eigenvalue weighted by atomic mass is 10.1. The first kappa shape index (κ1) is 32.2. The summed E-state index contributed by atoms with van der Waals surface area (Å²) < 4.78 is 5.10. The predicted molar refractivity (Wildman–Crippen MR) is 195 cm³/mol.